The maximum Gasteiger partial charge on any atom is 0.402 e. The summed E-state index contributed by atoms with van der Waals surface area (Å²) in [5.41, 5.74) is 0.399. The maximum atomic E-state index is 11.3. The number of aliphatic hydroxyl groups excluding tert-OH is 9. The van der Waals surface area contributed by atoms with E-state index in [1.54, 1.807) is 24.3 Å². The zero-order chi connectivity index (χ0) is 48.4. The molecule has 0 bridgehead atoms. The van der Waals surface area contributed by atoms with Crippen LogP contribution in [0.5, 0.6) is 46.0 Å². The van der Waals surface area contributed by atoms with Crippen molar-refractivity contribution in [1.29, 1.82) is 0 Å². The number of fused-ring (bicyclic) bond motifs is 1. The summed E-state index contributed by atoms with van der Waals surface area (Å²) in [5, 5.41) is 158. The third-order valence-corrected chi connectivity index (χ3v) is 11.3. The van der Waals surface area contributed by atoms with E-state index in [1.807, 2.05) is 0 Å². The minimum atomic E-state index is -2.08. The molecule has 1 unspecified atom stereocenters. The van der Waals surface area contributed by atoms with Crippen molar-refractivity contribution in [2.45, 2.75) is 92.1 Å². The Morgan fingerprint density at radius 2 is 1.18 bits per heavy atom. The molecule has 3 saturated heterocycles. The molecule has 3 aromatic carbocycles. The highest BCUT2D eigenvalue weighted by molar-refractivity contribution is 5.88. The third kappa shape index (κ3) is 10.4. The predicted molar refractivity (Wildman–Crippen MR) is 221 cm³/mol. The van der Waals surface area contributed by atoms with E-state index >= 15 is 0 Å². The fourth-order valence-corrected chi connectivity index (χ4v) is 7.70. The molecule has 1 aromatic heterocycles. The first-order valence-electron chi connectivity index (χ1n) is 20.6. The van der Waals surface area contributed by atoms with Crippen LogP contribution in [0, 0.1) is 0 Å². The van der Waals surface area contributed by atoms with Gasteiger partial charge in [0, 0.05) is 24.3 Å². The van der Waals surface area contributed by atoms with Crippen LogP contribution in [0.25, 0.3) is 28.4 Å². The molecule has 3 fully saturated rings. The number of hydrogen-bond acceptors (Lipinski definition) is 23. The van der Waals surface area contributed by atoms with Crippen molar-refractivity contribution in [1.82, 2.24) is 0 Å². The minimum absolute atomic E-state index is 0.0170. The number of aromatic hydroxyl groups is 6. The van der Waals surface area contributed by atoms with Gasteiger partial charge in [-0.3, -0.25) is 0 Å². The highest BCUT2D eigenvalue weighted by Gasteiger charge is 2.54. The van der Waals surface area contributed by atoms with Crippen molar-refractivity contribution < 1.29 is 119 Å². The van der Waals surface area contributed by atoms with Crippen LogP contribution in [0.15, 0.2) is 59.0 Å². The molecular weight excluding hydrogens is 900 g/mol. The monoisotopic (exact) mass is 951 g/mol. The lowest BCUT2D eigenvalue weighted by Crippen LogP contribution is -2.66. The standard InChI is InChI=1S/C43H50O24/c1-59-25-7-16(4-5-20(25)47)3-2-6-60-15-29-31(52)32(53)35(56)42(65-29)66-40-28(14-45)64-43(37(58)34(40)55)67-39-27(13-44)63-41(36(57)33(39)54)62-26-12-19-21(48)10-18(46)11-24(19)61-38(26)17-8-22(49)30(51)23(50)9-17/h2-5,7-12,27-29,31-37,39-45,52-58H,6,13-15H2,1H3,(H5-,46,47,48,49,50,51)/p+1/b3-2+/t27-,28-,29-,31-,32+,33-,34-,35-,36-,37-,39+,40+,41-,42?,43+/m1/s1. The summed E-state index contributed by atoms with van der Waals surface area (Å²) < 4.78 is 51.1. The number of hydrogen-bond donors (Lipinski definition) is 15. The van der Waals surface area contributed by atoms with E-state index in [4.69, 9.17) is 42.3 Å². The Morgan fingerprint density at radius 1 is 0.597 bits per heavy atom. The predicted octanol–water partition coefficient (Wildman–Crippen LogP) is -1.81. The summed E-state index contributed by atoms with van der Waals surface area (Å²) in [7, 11) is 1.40. The Balaban J connectivity index is 1.01. The Bertz CT molecular complexity index is 2340. The molecule has 0 radical (unpaired) electrons. The molecule has 4 aromatic rings. The van der Waals surface area contributed by atoms with E-state index in [9.17, 15) is 76.6 Å². The first kappa shape index (κ1) is 49.5. The molecule has 366 valence electrons. The lowest BCUT2D eigenvalue weighted by atomic mass is 9.96. The van der Waals surface area contributed by atoms with Gasteiger partial charge in [0.05, 0.1) is 45.2 Å². The summed E-state index contributed by atoms with van der Waals surface area (Å²) in [4.78, 5) is 0. The summed E-state index contributed by atoms with van der Waals surface area (Å²) >= 11 is 0. The molecule has 15 atom stereocenters. The smallest absolute Gasteiger partial charge is 0.402 e. The molecule has 7 rings (SSSR count). The molecule has 15 N–H and O–H groups in total. The van der Waals surface area contributed by atoms with Gasteiger partial charge in [-0.15, -0.1) is 0 Å². The van der Waals surface area contributed by atoms with Gasteiger partial charge in [0.25, 0.3) is 0 Å². The topological polar surface area (TPSA) is 389 Å². The molecule has 0 saturated carbocycles. The third-order valence-electron chi connectivity index (χ3n) is 11.3. The number of rotatable bonds is 15. The second kappa shape index (κ2) is 20.9. The van der Waals surface area contributed by atoms with Crippen molar-refractivity contribution in [3.63, 3.8) is 0 Å². The number of benzene rings is 3. The zero-order valence-corrected chi connectivity index (χ0v) is 35.1. The van der Waals surface area contributed by atoms with E-state index in [0.29, 0.717) is 5.56 Å². The second-order valence-electron chi connectivity index (χ2n) is 15.8. The molecule has 3 aliphatic rings. The Morgan fingerprint density at radius 3 is 1.79 bits per heavy atom. The quantitative estimate of drug-likeness (QED) is 0.0355. The maximum absolute atomic E-state index is 11.3. The zero-order valence-electron chi connectivity index (χ0n) is 35.1. The van der Waals surface area contributed by atoms with Crippen molar-refractivity contribution >= 4 is 17.0 Å². The van der Waals surface area contributed by atoms with Gasteiger partial charge >= 0.3 is 11.3 Å². The Hall–Kier alpha value is -5.39. The first-order valence-corrected chi connectivity index (χ1v) is 20.6. The second-order valence-corrected chi connectivity index (χ2v) is 15.8. The molecule has 3 aliphatic heterocycles. The van der Waals surface area contributed by atoms with Gasteiger partial charge in [0.2, 0.25) is 12.0 Å². The van der Waals surface area contributed by atoms with Crippen LogP contribution in [0.2, 0.25) is 0 Å². The van der Waals surface area contributed by atoms with Gasteiger partial charge in [-0.05, 0) is 17.7 Å². The molecule has 0 aliphatic carbocycles. The van der Waals surface area contributed by atoms with E-state index in [1.165, 1.54) is 13.2 Å². The van der Waals surface area contributed by atoms with Crippen LogP contribution in [-0.4, -0.2) is 202 Å². The average molecular weight is 952 g/mol. The van der Waals surface area contributed by atoms with Crippen molar-refractivity contribution in [2.75, 3.05) is 33.5 Å². The van der Waals surface area contributed by atoms with Crippen LogP contribution in [0.4, 0.5) is 0 Å². The molecule has 24 heteroatoms. The summed E-state index contributed by atoms with van der Waals surface area (Å²) in [5.74, 6) is -3.85. The number of phenols is 6. The Kier molecular flexibility index (Phi) is 15.4. The summed E-state index contributed by atoms with van der Waals surface area (Å²) in [6.07, 6.45) is -24.0. The highest BCUT2D eigenvalue weighted by Crippen LogP contribution is 2.45. The summed E-state index contributed by atoms with van der Waals surface area (Å²) in [6, 6.07) is 9.84. The van der Waals surface area contributed by atoms with Crippen LogP contribution in [-0.2, 0) is 28.4 Å². The van der Waals surface area contributed by atoms with Crippen LogP contribution in [0.3, 0.4) is 0 Å². The van der Waals surface area contributed by atoms with Gasteiger partial charge in [-0.25, -0.2) is 4.42 Å². The minimum Gasteiger partial charge on any atom is -0.507 e. The van der Waals surface area contributed by atoms with Gasteiger partial charge in [-0.2, -0.15) is 0 Å². The number of aliphatic hydroxyl groups is 9. The van der Waals surface area contributed by atoms with E-state index < -0.39 is 134 Å². The van der Waals surface area contributed by atoms with E-state index in [2.05, 4.69) is 0 Å². The number of phenolic OH excluding ortho intramolecular Hbond substituents is 6. The largest absolute Gasteiger partial charge is 0.507 e. The van der Waals surface area contributed by atoms with E-state index in [-0.39, 0.29) is 52.8 Å². The number of ether oxygens (including phenoxy) is 8. The van der Waals surface area contributed by atoms with Crippen molar-refractivity contribution in [3.05, 3.63) is 60.2 Å². The van der Waals surface area contributed by atoms with Crippen LogP contribution < -0.4 is 9.47 Å². The molecule has 4 heterocycles. The lowest BCUT2D eigenvalue weighted by Gasteiger charge is -2.48. The molecule has 24 nitrogen and oxygen atoms in total. The number of methoxy groups -OCH3 is 1. The van der Waals surface area contributed by atoms with Gasteiger partial charge in [-0.1, -0.05) is 18.2 Å². The molecule has 0 spiro atoms. The lowest BCUT2D eigenvalue weighted by molar-refractivity contribution is -0.376. The van der Waals surface area contributed by atoms with Crippen LogP contribution in [0.1, 0.15) is 5.56 Å². The normalized spacial score (nSPS) is 32.4. The van der Waals surface area contributed by atoms with Gasteiger partial charge in [0.1, 0.15) is 90.1 Å². The summed E-state index contributed by atoms with van der Waals surface area (Å²) in [6.45, 7) is -2.22. The molecular formula is C43H51O24+. The van der Waals surface area contributed by atoms with Crippen molar-refractivity contribution in [3.8, 4) is 57.3 Å². The van der Waals surface area contributed by atoms with Crippen molar-refractivity contribution in [2.24, 2.45) is 0 Å². The Labute approximate surface area is 378 Å². The first-order chi connectivity index (χ1) is 31.9. The molecule has 67 heavy (non-hydrogen) atoms. The fourth-order valence-electron chi connectivity index (χ4n) is 7.70. The van der Waals surface area contributed by atoms with Crippen LogP contribution >= 0.6 is 0 Å². The van der Waals surface area contributed by atoms with Gasteiger partial charge in [0.15, 0.2) is 41.3 Å². The van der Waals surface area contributed by atoms with Gasteiger partial charge < -0.3 is 114 Å². The average Bonchev–Trinajstić information content (AvgIpc) is 3.30. The highest BCUT2D eigenvalue weighted by atomic mass is 16.8. The molecule has 0 amide bonds. The van der Waals surface area contributed by atoms with E-state index in [0.717, 1.165) is 30.3 Å². The SMILES string of the molecule is COc1cc(/C=C/COC[C@H]2OC(O[C@@H]3[C@H](O)[C@@H](O)[C@H](O[C@@H]4[C@H](O)[C@@H](O)[C@H](Oc5cc6c(O)cc(O)cc6[o+]c5-c5cc(O)c(O)c(O)c5)O[C@@H]4CO)O[C@@H]3CO)[C@H](O)[C@@H](O)[C@@H]2O)ccc1O. The fraction of sp³-hybridized carbons (Fsp3) is 0.465.